The van der Waals surface area contributed by atoms with E-state index in [0.717, 1.165) is 4.90 Å². The lowest BCUT2D eigenvalue weighted by Gasteiger charge is -2.06. The van der Waals surface area contributed by atoms with Gasteiger partial charge in [0.1, 0.15) is 0 Å². The van der Waals surface area contributed by atoms with Crippen LogP contribution in [0.5, 0.6) is 0 Å². The normalized spacial score (nSPS) is 10.4. The molecule has 1 aromatic carbocycles. The van der Waals surface area contributed by atoms with Gasteiger partial charge in [0.15, 0.2) is 0 Å². The molecule has 0 fully saturated rings. The molecule has 0 aliphatic rings. The number of rotatable bonds is 6. The molecule has 1 rings (SSSR count). The number of hydrogen-bond acceptors (Lipinski definition) is 3. The van der Waals surface area contributed by atoms with Crippen LogP contribution in [0.15, 0.2) is 29.2 Å². The Morgan fingerprint density at radius 1 is 1.28 bits per heavy atom. The SMILES string of the molecule is CC(C)Sc1ccc(C(=O)NCCC(=O)O)cc1. The van der Waals surface area contributed by atoms with E-state index in [1.807, 2.05) is 12.1 Å². The van der Waals surface area contributed by atoms with Crippen LogP contribution < -0.4 is 5.32 Å². The lowest BCUT2D eigenvalue weighted by Crippen LogP contribution is -2.25. The zero-order valence-corrected chi connectivity index (χ0v) is 11.3. The zero-order valence-electron chi connectivity index (χ0n) is 10.5. The van der Waals surface area contributed by atoms with E-state index in [1.54, 1.807) is 23.9 Å². The van der Waals surface area contributed by atoms with Gasteiger partial charge >= 0.3 is 5.97 Å². The van der Waals surface area contributed by atoms with Crippen molar-refractivity contribution in [3.05, 3.63) is 29.8 Å². The van der Waals surface area contributed by atoms with Gasteiger partial charge in [-0.25, -0.2) is 0 Å². The summed E-state index contributed by atoms with van der Waals surface area (Å²) < 4.78 is 0. The molecule has 0 unspecified atom stereocenters. The molecule has 0 aliphatic carbocycles. The van der Waals surface area contributed by atoms with Crippen LogP contribution in [0.25, 0.3) is 0 Å². The van der Waals surface area contributed by atoms with Crippen molar-refractivity contribution in [2.24, 2.45) is 0 Å². The number of carboxylic acids is 1. The monoisotopic (exact) mass is 267 g/mol. The number of carboxylic acid groups (broad SMARTS) is 1. The van der Waals surface area contributed by atoms with Crippen LogP contribution >= 0.6 is 11.8 Å². The average molecular weight is 267 g/mol. The van der Waals surface area contributed by atoms with E-state index in [2.05, 4.69) is 19.2 Å². The predicted octanol–water partition coefficient (Wildman–Crippen LogP) is 2.39. The fraction of sp³-hybridized carbons (Fsp3) is 0.385. The van der Waals surface area contributed by atoms with Crippen LogP contribution in [0.3, 0.4) is 0 Å². The first kappa shape index (κ1) is 14.6. The fourth-order valence-electron chi connectivity index (χ4n) is 1.34. The highest BCUT2D eigenvalue weighted by atomic mass is 32.2. The minimum absolute atomic E-state index is 0.0625. The van der Waals surface area contributed by atoms with Crippen molar-refractivity contribution in [2.45, 2.75) is 30.4 Å². The van der Waals surface area contributed by atoms with E-state index in [9.17, 15) is 9.59 Å². The summed E-state index contributed by atoms with van der Waals surface area (Å²) in [6, 6.07) is 7.30. The molecule has 0 saturated carbocycles. The first-order valence-corrected chi connectivity index (χ1v) is 6.63. The summed E-state index contributed by atoms with van der Waals surface area (Å²) in [6.07, 6.45) is -0.0625. The molecule has 5 heteroatoms. The van der Waals surface area contributed by atoms with Crippen LogP contribution in [0.2, 0.25) is 0 Å². The number of nitrogens with one attached hydrogen (secondary N) is 1. The van der Waals surface area contributed by atoms with Gasteiger partial charge in [-0.1, -0.05) is 13.8 Å². The van der Waals surface area contributed by atoms with E-state index in [0.29, 0.717) is 10.8 Å². The Kier molecular flexibility index (Phi) is 5.71. The molecule has 0 aromatic heterocycles. The lowest BCUT2D eigenvalue weighted by atomic mass is 10.2. The van der Waals surface area contributed by atoms with E-state index in [4.69, 9.17) is 5.11 Å². The Balaban J connectivity index is 2.51. The largest absolute Gasteiger partial charge is 0.481 e. The molecule has 0 spiro atoms. The van der Waals surface area contributed by atoms with Crippen molar-refractivity contribution in [1.82, 2.24) is 5.32 Å². The van der Waals surface area contributed by atoms with Crippen molar-refractivity contribution in [1.29, 1.82) is 0 Å². The molecule has 0 bridgehead atoms. The topological polar surface area (TPSA) is 66.4 Å². The summed E-state index contributed by atoms with van der Waals surface area (Å²) in [6.45, 7) is 4.37. The second-order valence-electron chi connectivity index (χ2n) is 4.09. The number of carbonyl (C=O) groups is 2. The average Bonchev–Trinajstić information content (AvgIpc) is 2.28. The Labute approximate surface area is 111 Å². The van der Waals surface area contributed by atoms with Gasteiger partial charge < -0.3 is 10.4 Å². The second-order valence-corrected chi connectivity index (χ2v) is 5.74. The van der Waals surface area contributed by atoms with Gasteiger partial charge in [-0.2, -0.15) is 0 Å². The third-order valence-corrected chi connectivity index (χ3v) is 3.13. The summed E-state index contributed by atoms with van der Waals surface area (Å²) in [4.78, 5) is 23.1. The molecular weight excluding hydrogens is 250 g/mol. The quantitative estimate of drug-likeness (QED) is 0.777. The van der Waals surface area contributed by atoms with E-state index in [1.165, 1.54) is 0 Å². The Morgan fingerprint density at radius 2 is 1.89 bits per heavy atom. The maximum absolute atomic E-state index is 11.6. The Hall–Kier alpha value is -1.49. The van der Waals surface area contributed by atoms with Crippen molar-refractivity contribution in [3.8, 4) is 0 Å². The van der Waals surface area contributed by atoms with E-state index in [-0.39, 0.29) is 18.9 Å². The lowest BCUT2D eigenvalue weighted by molar-refractivity contribution is -0.136. The first-order chi connectivity index (χ1) is 8.49. The fourth-order valence-corrected chi connectivity index (χ4v) is 2.18. The van der Waals surface area contributed by atoms with Gasteiger partial charge in [-0.15, -0.1) is 11.8 Å². The van der Waals surface area contributed by atoms with Gasteiger partial charge in [-0.3, -0.25) is 9.59 Å². The number of carbonyl (C=O) groups excluding carboxylic acids is 1. The molecule has 4 nitrogen and oxygen atoms in total. The van der Waals surface area contributed by atoms with Crippen LogP contribution in [0.4, 0.5) is 0 Å². The molecule has 0 atom stereocenters. The minimum Gasteiger partial charge on any atom is -0.481 e. The Bertz CT molecular complexity index is 415. The molecule has 1 aromatic rings. The zero-order chi connectivity index (χ0) is 13.5. The highest BCUT2D eigenvalue weighted by Gasteiger charge is 2.06. The van der Waals surface area contributed by atoms with Gasteiger partial charge in [-0.05, 0) is 24.3 Å². The number of benzene rings is 1. The number of thioether (sulfide) groups is 1. The standard InChI is InChI=1S/C13H17NO3S/c1-9(2)18-11-5-3-10(4-6-11)13(17)14-8-7-12(15)16/h3-6,9H,7-8H2,1-2H3,(H,14,17)(H,15,16). The molecule has 2 N–H and O–H groups in total. The summed E-state index contributed by atoms with van der Waals surface area (Å²) in [5.74, 6) is -1.16. The summed E-state index contributed by atoms with van der Waals surface area (Å²) in [5, 5.41) is 11.5. The highest BCUT2D eigenvalue weighted by molar-refractivity contribution is 7.99. The number of amides is 1. The number of aliphatic carboxylic acids is 1. The van der Waals surface area contributed by atoms with Crippen LogP contribution in [-0.2, 0) is 4.79 Å². The van der Waals surface area contributed by atoms with E-state index >= 15 is 0 Å². The summed E-state index contributed by atoms with van der Waals surface area (Å²) in [5.41, 5.74) is 0.550. The van der Waals surface area contributed by atoms with Crippen molar-refractivity contribution >= 4 is 23.6 Å². The van der Waals surface area contributed by atoms with Crippen molar-refractivity contribution < 1.29 is 14.7 Å². The molecule has 0 saturated heterocycles. The van der Waals surface area contributed by atoms with Gasteiger partial charge in [0.25, 0.3) is 5.91 Å². The molecular formula is C13H17NO3S. The molecule has 0 heterocycles. The molecule has 0 radical (unpaired) electrons. The predicted molar refractivity (Wildman–Crippen MR) is 72.0 cm³/mol. The molecule has 18 heavy (non-hydrogen) atoms. The Morgan fingerprint density at radius 3 is 2.39 bits per heavy atom. The summed E-state index contributed by atoms with van der Waals surface area (Å²) in [7, 11) is 0. The van der Waals surface area contributed by atoms with Crippen molar-refractivity contribution in [2.75, 3.05) is 6.54 Å². The smallest absolute Gasteiger partial charge is 0.305 e. The second kappa shape index (κ2) is 7.06. The first-order valence-electron chi connectivity index (χ1n) is 5.75. The maximum Gasteiger partial charge on any atom is 0.305 e. The molecule has 1 amide bonds. The van der Waals surface area contributed by atoms with Gasteiger partial charge in [0.05, 0.1) is 6.42 Å². The van der Waals surface area contributed by atoms with E-state index < -0.39 is 5.97 Å². The van der Waals surface area contributed by atoms with Gasteiger partial charge in [0, 0.05) is 22.3 Å². The highest BCUT2D eigenvalue weighted by Crippen LogP contribution is 2.22. The number of hydrogen-bond donors (Lipinski definition) is 2. The maximum atomic E-state index is 11.6. The van der Waals surface area contributed by atoms with Crippen LogP contribution in [-0.4, -0.2) is 28.8 Å². The third kappa shape index (κ3) is 5.23. The third-order valence-electron chi connectivity index (χ3n) is 2.11. The minimum atomic E-state index is -0.918. The molecule has 98 valence electrons. The van der Waals surface area contributed by atoms with Gasteiger partial charge in [0.2, 0.25) is 0 Å². The van der Waals surface area contributed by atoms with Crippen LogP contribution in [0, 0.1) is 0 Å². The summed E-state index contributed by atoms with van der Waals surface area (Å²) >= 11 is 1.73. The van der Waals surface area contributed by atoms with Crippen molar-refractivity contribution in [3.63, 3.8) is 0 Å². The van der Waals surface area contributed by atoms with Crippen LogP contribution in [0.1, 0.15) is 30.6 Å². The molecule has 0 aliphatic heterocycles.